The van der Waals surface area contributed by atoms with E-state index in [1.165, 1.54) is 19.6 Å². The molecule has 0 unspecified atom stereocenters. The lowest BCUT2D eigenvalue weighted by atomic mass is 9.46. The average Bonchev–Trinajstić information content (AvgIpc) is 3.60. The fourth-order valence-corrected chi connectivity index (χ4v) is 8.62. The first-order valence-corrected chi connectivity index (χ1v) is 15.3. The minimum atomic E-state index is -1.82. The van der Waals surface area contributed by atoms with Gasteiger partial charge >= 0.3 is 11.9 Å². The number of fused-ring (bicyclic) bond motifs is 5. The number of hydrogen-bond acceptors (Lipinski definition) is 10. The monoisotopic (exact) mass is 611 g/mol. The molecule has 0 aliphatic heterocycles. The number of nitrogens with zero attached hydrogens (tertiary/aromatic N) is 1. The van der Waals surface area contributed by atoms with Gasteiger partial charge in [0.2, 0.25) is 11.7 Å². The number of esters is 2. The second-order valence-electron chi connectivity index (χ2n) is 13.3. The molecule has 1 heterocycles. The van der Waals surface area contributed by atoms with E-state index in [2.05, 4.69) is 22.2 Å². The number of aromatic nitrogens is 2. The number of amides is 1. The second-order valence-corrected chi connectivity index (χ2v) is 13.3. The summed E-state index contributed by atoms with van der Waals surface area (Å²) < 4.78 is 9.94. The van der Waals surface area contributed by atoms with Gasteiger partial charge in [-0.2, -0.15) is 0 Å². The highest BCUT2D eigenvalue weighted by Crippen LogP contribution is 2.66. The van der Waals surface area contributed by atoms with Crippen molar-refractivity contribution >= 4 is 35.2 Å². The number of Topliss-reactive ketones (excluding diaryl/α,β-unsaturated/α-hetero) is 2. The lowest BCUT2D eigenvalue weighted by Crippen LogP contribution is -2.61. The smallest absolute Gasteiger partial charge is 0.328 e. The van der Waals surface area contributed by atoms with Crippen LogP contribution in [0, 0.1) is 28.6 Å². The predicted octanol–water partition coefficient (Wildman–Crippen LogP) is 1.94. The first-order valence-electron chi connectivity index (χ1n) is 15.3. The summed E-state index contributed by atoms with van der Waals surface area (Å²) in [7, 11) is 1.20. The molecular formula is C32H41N3O9. The number of imidazole rings is 1. The quantitative estimate of drug-likeness (QED) is 0.331. The van der Waals surface area contributed by atoms with E-state index in [4.69, 9.17) is 9.47 Å². The number of methoxy groups -OCH3 is 1. The van der Waals surface area contributed by atoms with Crippen molar-refractivity contribution in [2.24, 2.45) is 28.6 Å². The van der Waals surface area contributed by atoms with Gasteiger partial charge in [0.1, 0.15) is 17.4 Å². The van der Waals surface area contributed by atoms with Crippen LogP contribution in [0.5, 0.6) is 0 Å². The fraction of sp³-hybridized carbons (Fsp3) is 0.656. The Morgan fingerprint density at radius 1 is 1.14 bits per heavy atom. The Labute approximate surface area is 255 Å². The molecule has 44 heavy (non-hydrogen) atoms. The van der Waals surface area contributed by atoms with E-state index in [0.29, 0.717) is 25.0 Å². The average molecular weight is 612 g/mol. The van der Waals surface area contributed by atoms with Crippen LogP contribution in [0.25, 0.3) is 0 Å². The van der Waals surface area contributed by atoms with E-state index in [1.54, 1.807) is 6.08 Å². The summed E-state index contributed by atoms with van der Waals surface area (Å²) in [6.45, 7) is 3.23. The molecule has 0 aromatic carbocycles. The first kappa shape index (κ1) is 31.7. The van der Waals surface area contributed by atoms with E-state index in [1.807, 2.05) is 6.92 Å². The highest BCUT2D eigenvalue weighted by atomic mass is 16.5. The van der Waals surface area contributed by atoms with Crippen LogP contribution in [0.15, 0.2) is 24.2 Å². The van der Waals surface area contributed by atoms with Crippen molar-refractivity contribution in [2.45, 2.75) is 89.7 Å². The van der Waals surface area contributed by atoms with Gasteiger partial charge in [-0.3, -0.25) is 24.0 Å². The number of rotatable bonds is 10. The van der Waals surface area contributed by atoms with Crippen LogP contribution in [-0.4, -0.2) is 75.6 Å². The topological polar surface area (TPSA) is 182 Å². The number of allylic oxidation sites excluding steroid dienone is 1. The highest BCUT2D eigenvalue weighted by molar-refractivity contribution is 5.95. The van der Waals surface area contributed by atoms with Gasteiger partial charge in [-0.25, -0.2) is 9.78 Å². The first-order chi connectivity index (χ1) is 20.8. The molecule has 4 aliphatic carbocycles. The van der Waals surface area contributed by atoms with Crippen molar-refractivity contribution < 1.29 is 43.3 Å². The van der Waals surface area contributed by atoms with Crippen molar-refractivity contribution in [2.75, 3.05) is 13.7 Å². The van der Waals surface area contributed by atoms with Crippen LogP contribution in [0.2, 0.25) is 0 Å². The molecule has 7 atom stereocenters. The maximum atomic E-state index is 13.8. The third-order valence-electron chi connectivity index (χ3n) is 11.0. The van der Waals surface area contributed by atoms with Gasteiger partial charge in [0, 0.05) is 48.9 Å². The number of carbonyl (C=O) groups is 6. The maximum absolute atomic E-state index is 13.8. The van der Waals surface area contributed by atoms with Crippen LogP contribution in [0.3, 0.4) is 0 Å². The van der Waals surface area contributed by atoms with Gasteiger partial charge < -0.3 is 24.9 Å². The molecule has 1 aromatic heterocycles. The molecule has 1 amide bonds. The zero-order valence-electron chi connectivity index (χ0n) is 25.5. The summed E-state index contributed by atoms with van der Waals surface area (Å²) in [6.07, 6.45) is 7.50. The number of hydrogen-bond donors (Lipinski definition) is 3. The molecule has 0 spiro atoms. The Morgan fingerprint density at radius 3 is 2.61 bits per heavy atom. The molecule has 4 aliphatic rings. The normalized spacial score (nSPS) is 33.3. The molecule has 238 valence electrons. The minimum absolute atomic E-state index is 0.00146. The minimum Gasteiger partial charge on any atom is -0.467 e. The zero-order valence-corrected chi connectivity index (χ0v) is 25.5. The molecule has 5 rings (SSSR count). The Bertz CT molecular complexity index is 1390. The van der Waals surface area contributed by atoms with Gasteiger partial charge in [0.05, 0.1) is 19.9 Å². The van der Waals surface area contributed by atoms with Gasteiger partial charge in [-0.1, -0.05) is 19.4 Å². The molecule has 1 aromatic rings. The summed E-state index contributed by atoms with van der Waals surface area (Å²) in [6, 6.07) is -0.983. The zero-order chi connectivity index (χ0) is 31.9. The largest absolute Gasteiger partial charge is 0.467 e. The van der Waals surface area contributed by atoms with Crippen molar-refractivity contribution in [3.05, 3.63) is 29.9 Å². The molecule has 3 N–H and O–H groups in total. The molecule has 3 fully saturated rings. The molecule has 0 radical (unpaired) electrons. The molecule has 3 saturated carbocycles. The van der Waals surface area contributed by atoms with E-state index in [9.17, 15) is 33.9 Å². The van der Waals surface area contributed by atoms with Gasteiger partial charge in [0.25, 0.3) is 0 Å². The standard InChI is InChI=1S/C32H41N3O9/c1-30-10-8-20(36)12-18(30)4-5-21-22-9-11-32(42,31(22,2)14-24(37)28(21)30)25(38)16-44-27(40)7-6-26(39)35-23(29(41)43-3)13-19-15-33-17-34-19/h12,15,17,21-23,28,42H,4-11,13-14,16H2,1-3H3,(H,33,34)(H,35,39)/t21-,22+,23-,28-,30-,31-,32-/m0/s1. The van der Waals surface area contributed by atoms with Crippen LogP contribution in [0.1, 0.15) is 77.3 Å². The van der Waals surface area contributed by atoms with E-state index < -0.39 is 47.3 Å². The summed E-state index contributed by atoms with van der Waals surface area (Å²) in [5.41, 5.74) is -1.53. The molecule has 0 bridgehead atoms. The lowest BCUT2D eigenvalue weighted by Gasteiger charge is -2.57. The van der Waals surface area contributed by atoms with Crippen LogP contribution in [-0.2, 0) is 44.7 Å². The summed E-state index contributed by atoms with van der Waals surface area (Å²) >= 11 is 0. The fourth-order valence-electron chi connectivity index (χ4n) is 8.62. The molecule has 12 heteroatoms. The number of aliphatic hydroxyl groups is 1. The molecular weight excluding hydrogens is 570 g/mol. The van der Waals surface area contributed by atoms with Crippen molar-refractivity contribution in [3.8, 4) is 0 Å². The number of nitrogens with one attached hydrogen (secondary N) is 2. The Kier molecular flexibility index (Phi) is 8.67. The predicted molar refractivity (Wildman–Crippen MR) is 153 cm³/mol. The van der Waals surface area contributed by atoms with Crippen LogP contribution < -0.4 is 5.32 Å². The Balaban J connectivity index is 1.17. The summed E-state index contributed by atoms with van der Waals surface area (Å²) in [4.78, 5) is 83.1. The van der Waals surface area contributed by atoms with Gasteiger partial charge in [-0.15, -0.1) is 0 Å². The number of H-pyrrole nitrogens is 1. The Morgan fingerprint density at radius 2 is 1.91 bits per heavy atom. The summed E-state index contributed by atoms with van der Waals surface area (Å²) in [5.74, 6) is -2.85. The highest BCUT2D eigenvalue weighted by Gasteiger charge is 2.68. The maximum Gasteiger partial charge on any atom is 0.328 e. The molecule has 0 saturated heterocycles. The third-order valence-corrected chi connectivity index (χ3v) is 11.0. The summed E-state index contributed by atoms with van der Waals surface area (Å²) in [5, 5.41) is 14.3. The van der Waals surface area contributed by atoms with E-state index in [-0.39, 0.29) is 66.8 Å². The lowest BCUT2D eigenvalue weighted by molar-refractivity contribution is -0.173. The number of ether oxygens (including phenoxy) is 2. The second kappa shape index (κ2) is 12.0. The Hall–Kier alpha value is -3.67. The van der Waals surface area contributed by atoms with Gasteiger partial charge in [-0.05, 0) is 55.4 Å². The number of ketones is 3. The van der Waals surface area contributed by atoms with E-state index in [0.717, 1.165) is 18.4 Å². The van der Waals surface area contributed by atoms with Crippen molar-refractivity contribution in [1.82, 2.24) is 15.3 Å². The van der Waals surface area contributed by atoms with Crippen molar-refractivity contribution in [1.29, 1.82) is 0 Å². The van der Waals surface area contributed by atoms with E-state index >= 15 is 0 Å². The third kappa shape index (κ3) is 5.52. The SMILES string of the molecule is COC(=O)[C@H](Cc1cnc[nH]1)NC(=O)CCC(=O)OCC(=O)[C@@]1(O)CC[C@@H]2[C@@H]3CCC4=CC(=O)CC[C@]4(C)[C@@H]3C(=O)C[C@@]21C. The number of aromatic amines is 1. The number of carbonyl (C=O) groups excluding carboxylic acids is 6. The van der Waals surface area contributed by atoms with Crippen LogP contribution >= 0.6 is 0 Å². The molecule has 12 nitrogen and oxygen atoms in total. The van der Waals surface area contributed by atoms with Gasteiger partial charge in [0.15, 0.2) is 12.4 Å². The van der Waals surface area contributed by atoms with Crippen molar-refractivity contribution in [3.63, 3.8) is 0 Å². The van der Waals surface area contributed by atoms with Crippen LogP contribution in [0.4, 0.5) is 0 Å².